The van der Waals surface area contributed by atoms with E-state index >= 15 is 0 Å². The fourth-order valence-corrected chi connectivity index (χ4v) is 7.28. The van der Waals surface area contributed by atoms with Gasteiger partial charge in [0.2, 0.25) is 0 Å². The molecule has 0 aliphatic heterocycles. The van der Waals surface area contributed by atoms with Crippen molar-refractivity contribution in [2.75, 3.05) is 6.61 Å². The predicted octanol–water partition coefficient (Wildman–Crippen LogP) is 1.78. The molecule has 3 saturated carbocycles. The summed E-state index contributed by atoms with van der Waals surface area (Å²) in [5.74, 6) is 0.140. The highest BCUT2D eigenvalue weighted by atomic mass is 16.3. The first-order chi connectivity index (χ1) is 12.2. The van der Waals surface area contributed by atoms with Gasteiger partial charge in [0.05, 0.1) is 6.10 Å². The summed E-state index contributed by atoms with van der Waals surface area (Å²) in [6.07, 6.45) is 5.74. The first-order valence-corrected chi connectivity index (χ1v) is 9.96. The Bertz CT molecular complexity index is 684. The second-order valence-corrected chi connectivity index (χ2v) is 9.56. The molecule has 4 aliphatic carbocycles. The van der Waals surface area contributed by atoms with E-state index in [0.29, 0.717) is 19.3 Å². The third-order valence-corrected chi connectivity index (χ3v) is 8.65. The summed E-state index contributed by atoms with van der Waals surface area (Å²) >= 11 is 0. The van der Waals surface area contributed by atoms with E-state index in [9.17, 15) is 24.9 Å². The summed E-state index contributed by atoms with van der Waals surface area (Å²) in [7, 11) is 0. The SMILES string of the molecule is C[C@]12CCC(=O)C=C1CCC1C3CC[C@](O)(C(=O)CO)[C@@]3(C)C[C@H](O)[C@@H]12. The zero-order valence-corrected chi connectivity index (χ0v) is 15.7. The van der Waals surface area contributed by atoms with E-state index in [0.717, 1.165) is 25.7 Å². The fourth-order valence-electron chi connectivity index (χ4n) is 7.28. The molecule has 0 spiro atoms. The average molecular weight is 362 g/mol. The minimum atomic E-state index is -1.54. The average Bonchev–Trinajstić information content (AvgIpc) is 2.86. The van der Waals surface area contributed by atoms with E-state index in [4.69, 9.17) is 0 Å². The van der Waals surface area contributed by atoms with Gasteiger partial charge in [-0.05, 0) is 67.8 Å². The van der Waals surface area contributed by atoms with Crippen LogP contribution in [0.2, 0.25) is 0 Å². The Labute approximate surface area is 154 Å². The Kier molecular flexibility index (Phi) is 4.04. The van der Waals surface area contributed by atoms with Crippen LogP contribution in [0.15, 0.2) is 11.6 Å². The van der Waals surface area contributed by atoms with Gasteiger partial charge in [-0.25, -0.2) is 0 Å². The molecule has 0 heterocycles. The van der Waals surface area contributed by atoms with Crippen LogP contribution in [0.25, 0.3) is 0 Å². The van der Waals surface area contributed by atoms with Gasteiger partial charge in [-0.15, -0.1) is 0 Å². The van der Waals surface area contributed by atoms with Crippen LogP contribution in [-0.4, -0.2) is 45.2 Å². The molecule has 0 radical (unpaired) electrons. The van der Waals surface area contributed by atoms with Gasteiger partial charge in [0.1, 0.15) is 12.2 Å². The summed E-state index contributed by atoms with van der Waals surface area (Å²) in [6, 6.07) is 0. The van der Waals surface area contributed by atoms with Gasteiger partial charge in [0, 0.05) is 11.8 Å². The van der Waals surface area contributed by atoms with Crippen LogP contribution in [0.4, 0.5) is 0 Å². The molecule has 7 atom stereocenters. The highest BCUT2D eigenvalue weighted by Gasteiger charge is 2.68. The number of Topliss-reactive ketones (excluding diaryl/α,β-unsaturated/α-hetero) is 1. The molecule has 4 aliphatic rings. The maximum atomic E-state index is 12.4. The molecule has 0 amide bonds. The van der Waals surface area contributed by atoms with Crippen LogP contribution in [0.5, 0.6) is 0 Å². The molecule has 0 aromatic carbocycles. The number of aliphatic hydroxyl groups excluding tert-OH is 2. The van der Waals surface area contributed by atoms with Crippen molar-refractivity contribution in [1.29, 1.82) is 0 Å². The molecule has 144 valence electrons. The lowest BCUT2D eigenvalue weighted by molar-refractivity contribution is -0.182. The van der Waals surface area contributed by atoms with Crippen LogP contribution in [0.1, 0.15) is 58.8 Å². The van der Waals surface area contributed by atoms with Crippen molar-refractivity contribution in [2.45, 2.75) is 70.5 Å². The zero-order chi connectivity index (χ0) is 18.9. The van der Waals surface area contributed by atoms with E-state index in [2.05, 4.69) is 6.92 Å². The van der Waals surface area contributed by atoms with Gasteiger partial charge in [0.15, 0.2) is 11.6 Å². The van der Waals surface area contributed by atoms with E-state index in [-0.39, 0.29) is 29.0 Å². The van der Waals surface area contributed by atoms with Gasteiger partial charge in [-0.3, -0.25) is 9.59 Å². The van der Waals surface area contributed by atoms with Crippen molar-refractivity contribution in [3.05, 3.63) is 11.6 Å². The fraction of sp³-hybridized carbons (Fsp3) is 0.810. The van der Waals surface area contributed by atoms with Gasteiger partial charge in [0.25, 0.3) is 0 Å². The van der Waals surface area contributed by atoms with Crippen LogP contribution < -0.4 is 0 Å². The Hall–Kier alpha value is -1.04. The largest absolute Gasteiger partial charge is 0.393 e. The van der Waals surface area contributed by atoms with Crippen LogP contribution in [0.3, 0.4) is 0 Å². The first-order valence-electron chi connectivity index (χ1n) is 9.96. The van der Waals surface area contributed by atoms with Crippen LogP contribution in [0, 0.1) is 28.6 Å². The van der Waals surface area contributed by atoms with Crippen molar-refractivity contribution >= 4 is 11.6 Å². The molecule has 5 nitrogen and oxygen atoms in total. The number of fused-ring (bicyclic) bond motifs is 5. The van der Waals surface area contributed by atoms with Crippen LogP contribution >= 0.6 is 0 Å². The maximum Gasteiger partial charge on any atom is 0.190 e. The zero-order valence-electron chi connectivity index (χ0n) is 15.7. The Morgan fingerprint density at radius 2 is 1.96 bits per heavy atom. The number of hydrogen-bond acceptors (Lipinski definition) is 5. The Balaban J connectivity index is 1.74. The number of carbonyl (C=O) groups excluding carboxylic acids is 2. The number of hydrogen-bond donors (Lipinski definition) is 3. The van der Waals surface area contributed by atoms with Gasteiger partial charge < -0.3 is 15.3 Å². The molecule has 26 heavy (non-hydrogen) atoms. The van der Waals surface area contributed by atoms with Crippen molar-refractivity contribution in [1.82, 2.24) is 0 Å². The second kappa shape index (κ2) is 5.73. The summed E-state index contributed by atoms with van der Waals surface area (Å²) < 4.78 is 0. The Morgan fingerprint density at radius 3 is 2.65 bits per heavy atom. The molecule has 2 unspecified atom stereocenters. The minimum Gasteiger partial charge on any atom is -0.393 e. The highest BCUT2D eigenvalue weighted by molar-refractivity contribution is 5.91. The van der Waals surface area contributed by atoms with Crippen molar-refractivity contribution in [3.8, 4) is 0 Å². The van der Waals surface area contributed by atoms with Crippen molar-refractivity contribution in [3.63, 3.8) is 0 Å². The molecule has 0 saturated heterocycles. The van der Waals surface area contributed by atoms with E-state index in [1.165, 1.54) is 5.57 Å². The molecule has 3 N–H and O–H groups in total. The predicted molar refractivity (Wildman–Crippen MR) is 95.1 cm³/mol. The summed E-state index contributed by atoms with van der Waals surface area (Å²) in [4.78, 5) is 24.3. The number of aliphatic hydroxyl groups is 3. The first kappa shape index (κ1) is 18.3. The highest BCUT2D eigenvalue weighted by Crippen LogP contribution is 2.67. The molecule has 0 aromatic rings. The number of carbonyl (C=O) groups is 2. The third kappa shape index (κ3) is 2.14. The molecule has 3 fully saturated rings. The van der Waals surface area contributed by atoms with Gasteiger partial charge >= 0.3 is 0 Å². The summed E-state index contributed by atoms with van der Waals surface area (Å²) in [6.45, 7) is 3.46. The minimum absolute atomic E-state index is 0.0697. The number of allylic oxidation sites excluding steroid dienone is 1. The second-order valence-electron chi connectivity index (χ2n) is 9.56. The van der Waals surface area contributed by atoms with Gasteiger partial charge in [-0.2, -0.15) is 0 Å². The van der Waals surface area contributed by atoms with E-state index in [1.54, 1.807) is 6.08 Å². The Morgan fingerprint density at radius 1 is 1.23 bits per heavy atom. The van der Waals surface area contributed by atoms with Crippen molar-refractivity contribution < 1.29 is 24.9 Å². The molecule has 4 rings (SSSR count). The smallest absolute Gasteiger partial charge is 0.190 e. The monoisotopic (exact) mass is 362 g/mol. The van der Waals surface area contributed by atoms with E-state index in [1.807, 2.05) is 6.92 Å². The van der Waals surface area contributed by atoms with Crippen molar-refractivity contribution in [2.24, 2.45) is 28.6 Å². The quantitative estimate of drug-likeness (QED) is 0.696. The standard InChI is InChI=1S/C21H30O5/c1-19-7-5-13(23)9-12(19)3-4-14-15-6-8-21(26,17(25)11-22)20(15,2)10-16(24)18(14)19/h9,14-16,18,22,24,26H,3-8,10-11H2,1-2H3/t14?,15?,16-,18+,19-,20-,21-/m0/s1. The maximum absolute atomic E-state index is 12.4. The molecular weight excluding hydrogens is 332 g/mol. The van der Waals surface area contributed by atoms with Gasteiger partial charge in [-0.1, -0.05) is 19.4 Å². The topological polar surface area (TPSA) is 94.8 Å². The third-order valence-electron chi connectivity index (χ3n) is 8.65. The lowest BCUT2D eigenvalue weighted by Crippen LogP contribution is -2.62. The summed E-state index contributed by atoms with van der Waals surface area (Å²) in [5.41, 5.74) is -1.23. The van der Waals surface area contributed by atoms with Crippen LogP contribution in [-0.2, 0) is 9.59 Å². The molecule has 0 aromatic heterocycles. The molecule has 0 bridgehead atoms. The summed E-state index contributed by atoms with van der Waals surface area (Å²) in [5, 5.41) is 31.7. The lowest BCUT2D eigenvalue weighted by atomic mass is 9.45. The normalized spacial score (nSPS) is 50.5. The molecular formula is C21H30O5. The van der Waals surface area contributed by atoms with E-state index < -0.39 is 29.5 Å². The number of ketones is 2. The molecule has 5 heteroatoms. The number of rotatable bonds is 2. The lowest BCUT2D eigenvalue weighted by Gasteiger charge is -2.60.